The summed E-state index contributed by atoms with van der Waals surface area (Å²) < 4.78 is 1.26. The molecule has 1 fully saturated rings. The molecule has 150 valence electrons. The highest BCUT2D eigenvalue weighted by Crippen LogP contribution is 2.25. The third-order valence-corrected chi connectivity index (χ3v) is 5.34. The van der Waals surface area contributed by atoms with Crippen LogP contribution in [0.15, 0.2) is 35.3 Å². The van der Waals surface area contributed by atoms with Crippen molar-refractivity contribution in [3.8, 4) is 5.69 Å². The van der Waals surface area contributed by atoms with Crippen LogP contribution in [-0.2, 0) is 4.79 Å². The highest BCUT2D eigenvalue weighted by Gasteiger charge is 2.29. The Bertz CT molecular complexity index is 919. The predicted octanol–water partition coefficient (Wildman–Crippen LogP) is 3.62. The zero-order valence-corrected chi connectivity index (χ0v) is 17.8. The summed E-state index contributed by atoms with van der Waals surface area (Å²) in [5.41, 5.74) is 0.406. The number of benzene rings is 1. The fourth-order valence-corrected chi connectivity index (χ4v) is 3.62. The lowest BCUT2D eigenvalue weighted by atomic mass is 9.94. The van der Waals surface area contributed by atoms with Gasteiger partial charge in [-0.15, -0.1) is 0 Å². The molecule has 1 aliphatic rings. The molecule has 28 heavy (non-hydrogen) atoms. The normalized spacial score (nSPS) is 15.5. The summed E-state index contributed by atoms with van der Waals surface area (Å²) in [5.74, 6) is 0.136. The van der Waals surface area contributed by atoms with Crippen molar-refractivity contribution in [2.45, 2.75) is 27.2 Å². The second-order valence-corrected chi connectivity index (χ2v) is 8.73. The number of halogens is 2. The van der Waals surface area contributed by atoms with Crippen molar-refractivity contribution in [2.75, 3.05) is 31.1 Å². The summed E-state index contributed by atoms with van der Waals surface area (Å²) in [6, 6.07) is 6.83. The van der Waals surface area contributed by atoms with Crippen molar-refractivity contribution in [3.63, 3.8) is 0 Å². The number of carbonyl (C=O) groups excluding carboxylic acids is 1. The molecule has 1 aromatic carbocycles. The fourth-order valence-electron chi connectivity index (χ4n) is 3.25. The predicted molar refractivity (Wildman–Crippen MR) is 113 cm³/mol. The summed E-state index contributed by atoms with van der Waals surface area (Å²) in [7, 11) is 0. The summed E-state index contributed by atoms with van der Waals surface area (Å²) in [6.45, 7) is 8.37. The molecule has 1 aliphatic heterocycles. The van der Waals surface area contributed by atoms with Gasteiger partial charge in [0, 0.05) is 36.6 Å². The van der Waals surface area contributed by atoms with Crippen LogP contribution in [0.25, 0.3) is 5.69 Å². The Labute approximate surface area is 174 Å². The van der Waals surface area contributed by atoms with Crippen LogP contribution in [0.5, 0.6) is 0 Å². The Morgan fingerprint density at radius 3 is 2.36 bits per heavy atom. The Morgan fingerprint density at radius 1 is 1.04 bits per heavy atom. The van der Waals surface area contributed by atoms with E-state index in [4.69, 9.17) is 23.2 Å². The number of amides is 1. The van der Waals surface area contributed by atoms with Crippen LogP contribution in [-0.4, -0.2) is 46.8 Å². The van der Waals surface area contributed by atoms with E-state index >= 15 is 0 Å². The van der Waals surface area contributed by atoms with Gasteiger partial charge in [0.1, 0.15) is 5.02 Å². The smallest absolute Gasteiger partial charge is 0.292 e. The second-order valence-electron chi connectivity index (χ2n) is 7.92. The Morgan fingerprint density at radius 2 is 1.71 bits per heavy atom. The molecule has 0 atom stereocenters. The maximum atomic E-state index is 12.8. The molecule has 2 aromatic rings. The van der Waals surface area contributed by atoms with Gasteiger partial charge in [0.15, 0.2) is 0 Å². The minimum atomic E-state index is -0.409. The van der Waals surface area contributed by atoms with E-state index in [2.05, 4.69) is 5.10 Å². The highest BCUT2D eigenvalue weighted by atomic mass is 35.5. The molecule has 3 rings (SSSR count). The van der Waals surface area contributed by atoms with E-state index in [1.165, 1.54) is 4.68 Å². The lowest BCUT2D eigenvalue weighted by molar-refractivity contribution is -0.139. The van der Waals surface area contributed by atoms with E-state index in [0.717, 1.165) is 6.42 Å². The zero-order chi connectivity index (χ0) is 20.5. The average molecular weight is 423 g/mol. The number of hydrogen-bond acceptors (Lipinski definition) is 4. The average Bonchev–Trinajstić information content (AvgIpc) is 2.89. The van der Waals surface area contributed by atoms with Gasteiger partial charge in [-0.3, -0.25) is 9.59 Å². The largest absolute Gasteiger partial charge is 0.367 e. The van der Waals surface area contributed by atoms with E-state index in [0.29, 0.717) is 42.6 Å². The van der Waals surface area contributed by atoms with Crippen LogP contribution < -0.4 is 10.5 Å². The van der Waals surface area contributed by atoms with Gasteiger partial charge >= 0.3 is 0 Å². The minimum absolute atomic E-state index is 0.126. The number of hydrogen-bond donors (Lipinski definition) is 0. The third-order valence-electron chi connectivity index (χ3n) is 4.74. The Kier molecular flexibility index (Phi) is 6.01. The zero-order valence-electron chi connectivity index (χ0n) is 16.3. The van der Waals surface area contributed by atoms with Crippen LogP contribution in [0.4, 0.5) is 5.69 Å². The van der Waals surface area contributed by atoms with E-state index in [1.807, 2.05) is 30.6 Å². The quantitative estimate of drug-likeness (QED) is 0.741. The van der Waals surface area contributed by atoms with Gasteiger partial charge < -0.3 is 9.80 Å². The number of anilines is 1. The molecule has 0 N–H and O–H groups in total. The van der Waals surface area contributed by atoms with Gasteiger partial charge in [-0.2, -0.15) is 9.78 Å². The fraction of sp³-hybridized carbons (Fsp3) is 0.450. The van der Waals surface area contributed by atoms with Crippen molar-refractivity contribution in [3.05, 3.63) is 50.9 Å². The van der Waals surface area contributed by atoms with Gasteiger partial charge in [-0.1, -0.05) is 44.0 Å². The molecule has 8 heteroatoms. The molecular weight excluding hydrogens is 399 g/mol. The van der Waals surface area contributed by atoms with E-state index < -0.39 is 5.41 Å². The first-order valence-corrected chi connectivity index (χ1v) is 10.0. The molecule has 2 heterocycles. The maximum absolute atomic E-state index is 12.8. The summed E-state index contributed by atoms with van der Waals surface area (Å²) in [4.78, 5) is 29.2. The van der Waals surface area contributed by atoms with Crippen molar-refractivity contribution in [1.29, 1.82) is 0 Å². The first-order valence-electron chi connectivity index (χ1n) is 9.26. The number of aromatic nitrogens is 2. The lowest BCUT2D eigenvalue weighted by Gasteiger charge is -2.28. The first kappa shape index (κ1) is 20.7. The molecule has 6 nitrogen and oxygen atoms in total. The topological polar surface area (TPSA) is 58.4 Å². The van der Waals surface area contributed by atoms with Crippen LogP contribution >= 0.6 is 23.2 Å². The second kappa shape index (κ2) is 8.13. The molecule has 0 unspecified atom stereocenters. The Balaban J connectivity index is 1.83. The van der Waals surface area contributed by atoms with Gasteiger partial charge in [-0.05, 0) is 30.7 Å². The highest BCUT2D eigenvalue weighted by molar-refractivity contribution is 6.33. The molecule has 0 saturated carbocycles. The monoisotopic (exact) mass is 422 g/mol. The van der Waals surface area contributed by atoms with Crippen molar-refractivity contribution >= 4 is 34.8 Å². The molecule has 0 radical (unpaired) electrons. The van der Waals surface area contributed by atoms with E-state index in [9.17, 15) is 9.59 Å². The van der Waals surface area contributed by atoms with Crippen molar-refractivity contribution in [1.82, 2.24) is 14.7 Å². The lowest BCUT2D eigenvalue weighted by Crippen LogP contribution is -2.41. The molecule has 0 bridgehead atoms. The Hall–Kier alpha value is -2.05. The van der Waals surface area contributed by atoms with Crippen LogP contribution in [0.1, 0.15) is 27.2 Å². The summed E-state index contributed by atoms with van der Waals surface area (Å²) in [6.07, 6.45) is 2.41. The maximum Gasteiger partial charge on any atom is 0.292 e. The van der Waals surface area contributed by atoms with Crippen LogP contribution in [0.2, 0.25) is 10.0 Å². The van der Waals surface area contributed by atoms with Crippen LogP contribution in [0, 0.1) is 5.41 Å². The van der Waals surface area contributed by atoms with E-state index in [-0.39, 0.29) is 16.5 Å². The number of rotatable bonds is 2. The molecule has 1 amide bonds. The standard InChI is InChI=1S/C20H24Cl2N4O2/c1-20(2,3)19(28)25-10-4-9-24(11-12-25)16-13-23-26(18(27)17(16)22)15-7-5-14(21)6-8-15/h5-8,13H,4,9-12H2,1-3H3. The van der Waals surface area contributed by atoms with Crippen LogP contribution in [0.3, 0.4) is 0 Å². The van der Waals surface area contributed by atoms with Gasteiger partial charge in [0.05, 0.1) is 17.6 Å². The number of nitrogens with zero attached hydrogens (tertiary/aromatic N) is 4. The molecule has 1 saturated heterocycles. The minimum Gasteiger partial charge on any atom is -0.367 e. The first-order chi connectivity index (χ1) is 13.2. The molecule has 1 aromatic heterocycles. The SMILES string of the molecule is CC(C)(C)C(=O)N1CCCN(c2cnn(-c3ccc(Cl)cc3)c(=O)c2Cl)CC1. The molecular formula is C20H24Cl2N4O2. The number of carbonyl (C=O) groups is 1. The third kappa shape index (κ3) is 4.33. The van der Waals surface area contributed by atoms with Crippen molar-refractivity contribution in [2.24, 2.45) is 5.41 Å². The van der Waals surface area contributed by atoms with Gasteiger partial charge in [0.2, 0.25) is 5.91 Å². The summed E-state index contributed by atoms with van der Waals surface area (Å²) >= 11 is 12.3. The summed E-state index contributed by atoms with van der Waals surface area (Å²) in [5, 5.41) is 5.00. The molecule has 0 aliphatic carbocycles. The van der Waals surface area contributed by atoms with E-state index in [1.54, 1.807) is 30.5 Å². The van der Waals surface area contributed by atoms with Gasteiger partial charge in [0.25, 0.3) is 5.56 Å². The molecule has 0 spiro atoms. The van der Waals surface area contributed by atoms with Gasteiger partial charge in [-0.25, -0.2) is 0 Å². The van der Waals surface area contributed by atoms with Crippen molar-refractivity contribution < 1.29 is 4.79 Å².